The number of carbonyl (C=O) groups is 1. The van der Waals surface area contributed by atoms with E-state index in [0.717, 1.165) is 18.2 Å². The van der Waals surface area contributed by atoms with Crippen LogP contribution in [0.1, 0.15) is 26.2 Å². The van der Waals surface area contributed by atoms with Crippen LogP contribution in [-0.4, -0.2) is 11.1 Å². The van der Waals surface area contributed by atoms with Crippen LogP contribution in [0.4, 0.5) is 0 Å². The lowest BCUT2D eigenvalue weighted by molar-refractivity contribution is -0.118. The summed E-state index contributed by atoms with van der Waals surface area (Å²) in [6.45, 7) is 2.02. The summed E-state index contributed by atoms with van der Waals surface area (Å²) in [5.74, 6) is 0.365. The minimum atomic E-state index is 0.365. The monoisotopic (exact) mass is 178 g/mol. The topological polar surface area (TPSA) is 17.1 Å². The number of ketones is 1. The van der Waals surface area contributed by atoms with Crippen LogP contribution in [0, 0.1) is 0 Å². The van der Waals surface area contributed by atoms with E-state index in [9.17, 15) is 4.79 Å². The van der Waals surface area contributed by atoms with Gasteiger partial charge in [-0.2, -0.15) is 0 Å². The first-order chi connectivity index (χ1) is 3.81. The predicted octanol–water partition coefficient (Wildman–Crippen LogP) is 2.14. The highest BCUT2D eigenvalue weighted by molar-refractivity contribution is 9.09. The predicted molar refractivity (Wildman–Crippen MR) is 38.3 cm³/mol. The van der Waals surface area contributed by atoms with Gasteiger partial charge in [-0.1, -0.05) is 22.9 Å². The van der Waals surface area contributed by atoms with Crippen molar-refractivity contribution in [2.24, 2.45) is 0 Å². The number of alkyl halides is 1. The fourth-order valence-corrected chi connectivity index (χ4v) is 0.951. The molecular formula is C6H11BrO. The van der Waals surface area contributed by atoms with Gasteiger partial charge in [0.2, 0.25) is 0 Å². The highest BCUT2D eigenvalue weighted by Crippen LogP contribution is 1.95. The summed E-state index contributed by atoms with van der Waals surface area (Å²) < 4.78 is 0. The zero-order chi connectivity index (χ0) is 6.41. The average molecular weight is 179 g/mol. The van der Waals surface area contributed by atoms with Gasteiger partial charge in [0, 0.05) is 18.2 Å². The van der Waals surface area contributed by atoms with Gasteiger partial charge in [0.15, 0.2) is 0 Å². The Labute approximate surface area is 58.6 Å². The number of hydrogen-bond donors (Lipinski definition) is 0. The van der Waals surface area contributed by atoms with Gasteiger partial charge in [0.25, 0.3) is 0 Å². The third kappa shape index (κ3) is 4.31. The molecule has 0 bridgehead atoms. The fourth-order valence-electron chi connectivity index (χ4n) is 0.509. The molecular weight excluding hydrogens is 168 g/mol. The van der Waals surface area contributed by atoms with E-state index in [-0.39, 0.29) is 0 Å². The first kappa shape index (κ1) is 8.15. The molecule has 0 saturated heterocycles. The molecule has 0 unspecified atom stereocenters. The third-order valence-corrected chi connectivity index (χ3v) is 1.30. The molecule has 0 radical (unpaired) electrons. The van der Waals surface area contributed by atoms with E-state index in [4.69, 9.17) is 0 Å². The molecule has 0 aliphatic carbocycles. The maximum atomic E-state index is 10.6. The van der Waals surface area contributed by atoms with Crippen LogP contribution < -0.4 is 0 Å². The Morgan fingerprint density at radius 3 is 2.50 bits per heavy atom. The van der Waals surface area contributed by atoms with Crippen molar-refractivity contribution in [1.82, 2.24) is 0 Å². The molecule has 0 fully saturated rings. The Bertz CT molecular complexity index is 62.9. The SMILES string of the molecule is CCCC(=O)CCBr. The summed E-state index contributed by atoms with van der Waals surface area (Å²) in [4.78, 5) is 10.6. The number of rotatable bonds is 4. The fraction of sp³-hybridized carbons (Fsp3) is 0.833. The van der Waals surface area contributed by atoms with Crippen molar-refractivity contribution >= 4 is 21.7 Å². The van der Waals surface area contributed by atoms with Crippen molar-refractivity contribution in [1.29, 1.82) is 0 Å². The van der Waals surface area contributed by atoms with Gasteiger partial charge in [-0.15, -0.1) is 0 Å². The Morgan fingerprint density at radius 2 is 2.12 bits per heavy atom. The maximum absolute atomic E-state index is 10.6. The molecule has 0 heterocycles. The van der Waals surface area contributed by atoms with Crippen LogP contribution in [0.15, 0.2) is 0 Å². The average Bonchev–Trinajstić information content (AvgIpc) is 1.68. The molecule has 0 saturated carbocycles. The van der Waals surface area contributed by atoms with Crippen LogP contribution in [0.3, 0.4) is 0 Å². The number of halogens is 1. The van der Waals surface area contributed by atoms with Crippen molar-refractivity contribution in [3.63, 3.8) is 0 Å². The molecule has 0 N–H and O–H groups in total. The standard InChI is InChI=1S/C6H11BrO/c1-2-3-6(8)4-5-7/h2-5H2,1H3. The molecule has 1 nitrogen and oxygen atoms in total. The van der Waals surface area contributed by atoms with E-state index in [1.54, 1.807) is 0 Å². The van der Waals surface area contributed by atoms with Gasteiger partial charge >= 0.3 is 0 Å². The summed E-state index contributed by atoms with van der Waals surface area (Å²) in [6.07, 6.45) is 2.41. The van der Waals surface area contributed by atoms with Crippen LogP contribution in [0.5, 0.6) is 0 Å². The van der Waals surface area contributed by atoms with Gasteiger partial charge < -0.3 is 0 Å². The van der Waals surface area contributed by atoms with Crippen LogP contribution in [0.25, 0.3) is 0 Å². The molecule has 2 heteroatoms. The van der Waals surface area contributed by atoms with E-state index in [2.05, 4.69) is 15.9 Å². The molecule has 0 spiro atoms. The first-order valence-electron chi connectivity index (χ1n) is 2.89. The molecule has 48 valence electrons. The van der Waals surface area contributed by atoms with Crippen LogP contribution in [-0.2, 0) is 4.79 Å². The van der Waals surface area contributed by atoms with E-state index in [1.807, 2.05) is 6.92 Å². The van der Waals surface area contributed by atoms with Crippen molar-refractivity contribution in [2.45, 2.75) is 26.2 Å². The molecule has 8 heavy (non-hydrogen) atoms. The summed E-state index contributed by atoms with van der Waals surface area (Å²) in [6, 6.07) is 0. The van der Waals surface area contributed by atoms with Crippen LogP contribution in [0.2, 0.25) is 0 Å². The molecule has 0 aromatic carbocycles. The van der Waals surface area contributed by atoms with Crippen LogP contribution >= 0.6 is 15.9 Å². The quantitative estimate of drug-likeness (QED) is 0.604. The van der Waals surface area contributed by atoms with Crippen molar-refractivity contribution in [2.75, 3.05) is 5.33 Å². The highest BCUT2D eigenvalue weighted by Gasteiger charge is 1.95. The highest BCUT2D eigenvalue weighted by atomic mass is 79.9. The molecule has 0 aromatic heterocycles. The molecule has 0 aromatic rings. The van der Waals surface area contributed by atoms with Gasteiger partial charge in [0.1, 0.15) is 5.78 Å². The molecule has 0 atom stereocenters. The van der Waals surface area contributed by atoms with Crippen molar-refractivity contribution in [3.05, 3.63) is 0 Å². The van der Waals surface area contributed by atoms with E-state index in [1.165, 1.54) is 0 Å². The maximum Gasteiger partial charge on any atom is 0.133 e. The zero-order valence-corrected chi connectivity index (χ0v) is 6.70. The van der Waals surface area contributed by atoms with E-state index >= 15 is 0 Å². The van der Waals surface area contributed by atoms with Crippen molar-refractivity contribution in [3.8, 4) is 0 Å². The largest absolute Gasteiger partial charge is 0.300 e. The Kier molecular flexibility index (Phi) is 5.39. The number of Topliss-reactive ketones (excluding diaryl/α,β-unsaturated/α-hetero) is 1. The minimum Gasteiger partial charge on any atom is -0.300 e. The summed E-state index contributed by atoms with van der Waals surface area (Å²) in [7, 11) is 0. The lowest BCUT2D eigenvalue weighted by Gasteiger charge is -1.90. The summed E-state index contributed by atoms with van der Waals surface area (Å²) in [5, 5.41) is 0.811. The number of carbonyl (C=O) groups excluding carboxylic acids is 1. The molecule has 0 aliphatic heterocycles. The Morgan fingerprint density at radius 1 is 1.50 bits per heavy atom. The van der Waals surface area contributed by atoms with Crippen molar-refractivity contribution < 1.29 is 4.79 Å². The Balaban J connectivity index is 3.06. The summed E-state index contributed by atoms with van der Waals surface area (Å²) >= 11 is 3.20. The summed E-state index contributed by atoms with van der Waals surface area (Å²) in [5.41, 5.74) is 0. The smallest absolute Gasteiger partial charge is 0.133 e. The molecule has 0 amide bonds. The normalized spacial score (nSPS) is 9.25. The van der Waals surface area contributed by atoms with Gasteiger partial charge in [-0.3, -0.25) is 4.79 Å². The number of hydrogen-bond acceptors (Lipinski definition) is 1. The lowest BCUT2D eigenvalue weighted by Crippen LogP contribution is -1.95. The van der Waals surface area contributed by atoms with Gasteiger partial charge in [-0.05, 0) is 6.42 Å². The van der Waals surface area contributed by atoms with Gasteiger partial charge in [0.05, 0.1) is 0 Å². The first-order valence-corrected chi connectivity index (χ1v) is 4.01. The Hall–Kier alpha value is 0.150. The molecule has 0 aliphatic rings. The third-order valence-electron chi connectivity index (χ3n) is 0.902. The van der Waals surface area contributed by atoms with E-state index in [0.29, 0.717) is 12.2 Å². The van der Waals surface area contributed by atoms with Gasteiger partial charge in [-0.25, -0.2) is 0 Å². The zero-order valence-electron chi connectivity index (χ0n) is 5.11. The lowest BCUT2D eigenvalue weighted by atomic mass is 10.2. The second-order valence-electron chi connectivity index (χ2n) is 1.73. The minimum absolute atomic E-state index is 0.365. The van der Waals surface area contributed by atoms with E-state index < -0.39 is 0 Å². The second-order valence-corrected chi connectivity index (χ2v) is 2.52. The second kappa shape index (κ2) is 5.29. The molecule has 0 rings (SSSR count).